The number of piperidine rings is 1. The molecule has 1 aliphatic rings. The Morgan fingerprint density at radius 2 is 2.00 bits per heavy atom. The van der Waals surface area contributed by atoms with Crippen molar-refractivity contribution in [1.82, 2.24) is 10.1 Å². The van der Waals surface area contributed by atoms with Crippen molar-refractivity contribution in [1.29, 1.82) is 0 Å². The zero-order chi connectivity index (χ0) is 18.7. The molecule has 0 radical (unpaired) electrons. The molecule has 2 amide bonds. The predicted octanol–water partition coefficient (Wildman–Crippen LogP) is 2.38. The van der Waals surface area contributed by atoms with Crippen LogP contribution in [0.15, 0.2) is 34.9 Å². The lowest BCUT2D eigenvalue weighted by Gasteiger charge is -2.31. The number of nitrogens with zero attached hydrogens (tertiary/aromatic N) is 3. The number of carbonyl (C=O) groups is 2. The Kier molecular flexibility index (Phi) is 4.97. The summed E-state index contributed by atoms with van der Waals surface area (Å²) in [6.45, 7) is 2.46. The Morgan fingerprint density at radius 1 is 1.31 bits per heavy atom. The Morgan fingerprint density at radius 3 is 2.62 bits per heavy atom. The van der Waals surface area contributed by atoms with Gasteiger partial charge in [0, 0.05) is 31.1 Å². The van der Waals surface area contributed by atoms with Crippen molar-refractivity contribution in [2.24, 2.45) is 5.92 Å². The number of hydrogen-bond acceptors (Lipinski definition) is 6. The van der Waals surface area contributed by atoms with Crippen LogP contribution in [0.25, 0.3) is 0 Å². The number of aromatic nitrogens is 1. The minimum absolute atomic E-state index is 0.0680. The van der Waals surface area contributed by atoms with Gasteiger partial charge in [0.05, 0.1) is 4.92 Å². The third kappa shape index (κ3) is 3.71. The van der Waals surface area contributed by atoms with Gasteiger partial charge in [0.1, 0.15) is 11.3 Å². The molecule has 0 bridgehead atoms. The van der Waals surface area contributed by atoms with Crippen LogP contribution in [-0.4, -0.2) is 39.9 Å². The van der Waals surface area contributed by atoms with Crippen LogP contribution in [0.5, 0.6) is 0 Å². The Balaban J connectivity index is 1.60. The Bertz CT molecular complexity index is 839. The predicted molar refractivity (Wildman–Crippen MR) is 91.6 cm³/mol. The summed E-state index contributed by atoms with van der Waals surface area (Å²) in [6.07, 6.45) is 0.962. The molecule has 1 N–H and O–H groups in total. The van der Waals surface area contributed by atoms with Gasteiger partial charge in [0.15, 0.2) is 5.82 Å². The summed E-state index contributed by atoms with van der Waals surface area (Å²) in [5, 5.41) is 17.5. The van der Waals surface area contributed by atoms with Gasteiger partial charge in [0.2, 0.25) is 5.91 Å². The van der Waals surface area contributed by atoms with Gasteiger partial charge in [-0.05, 0) is 25.8 Å². The largest absolute Gasteiger partial charge is 0.360 e. The molecule has 136 valence electrons. The van der Waals surface area contributed by atoms with Crippen LogP contribution in [0.2, 0.25) is 0 Å². The van der Waals surface area contributed by atoms with Gasteiger partial charge in [-0.15, -0.1) is 0 Å². The molecule has 1 aliphatic heterocycles. The monoisotopic (exact) mass is 358 g/mol. The summed E-state index contributed by atoms with van der Waals surface area (Å²) in [4.78, 5) is 37.0. The van der Waals surface area contributed by atoms with Gasteiger partial charge < -0.3 is 14.7 Å². The smallest absolute Gasteiger partial charge is 0.282 e. The van der Waals surface area contributed by atoms with Crippen LogP contribution in [0.3, 0.4) is 0 Å². The zero-order valence-electron chi connectivity index (χ0n) is 14.2. The molecule has 2 heterocycles. The SMILES string of the molecule is Cc1cc(NC(=O)C2CCN(C(=O)c3ccccc3[N+](=O)[O-])CC2)no1. The molecule has 9 nitrogen and oxygen atoms in total. The number of para-hydroxylation sites is 1. The van der Waals surface area contributed by atoms with Gasteiger partial charge in [-0.1, -0.05) is 17.3 Å². The highest BCUT2D eigenvalue weighted by Gasteiger charge is 2.30. The number of nitro benzene ring substituents is 1. The average molecular weight is 358 g/mol. The van der Waals surface area contributed by atoms with Crippen molar-refractivity contribution in [2.75, 3.05) is 18.4 Å². The standard InChI is InChI=1S/C17H18N4O5/c1-11-10-15(19-26-11)18-16(22)12-6-8-20(9-7-12)17(23)13-4-2-3-5-14(13)21(24)25/h2-5,10,12H,6-9H2,1H3,(H,18,19,22). The summed E-state index contributed by atoms with van der Waals surface area (Å²) >= 11 is 0. The molecule has 9 heteroatoms. The van der Waals surface area contributed by atoms with E-state index in [4.69, 9.17) is 4.52 Å². The van der Waals surface area contributed by atoms with E-state index in [-0.39, 0.29) is 29.0 Å². The number of likely N-dealkylation sites (tertiary alicyclic amines) is 1. The van der Waals surface area contributed by atoms with Crippen LogP contribution in [-0.2, 0) is 4.79 Å². The number of benzene rings is 1. The number of rotatable bonds is 4. The van der Waals surface area contributed by atoms with Crippen LogP contribution < -0.4 is 5.32 Å². The molecule has 0 atom stereocenters. The van der Waals surface area contributed by atoms with Gasteiger partial charge in [-0.3, -0.25) is 19.7 Å². The second-order valence-electron chi connectivity index (χ2n) is 6.15. The second kappa shape index (κ2) is 7.34. The van der Waals surface area contributed by atoms with Crippen molar-refractivity contribution in [3.8, 4) is 0 Å². The highest BCUT2D eigenvalue weighted by Crippen LogP contribution is 2.24. The molecule has 1 saturated heterocycles. The lowest BCUT2D eigenvalue weighted by molar-refractivity contribution is -0.385. The van der Waals surface area contributed by atoms with Gasteiger partial charge in [-0.25, -0.2) is 0 Å². The molecule has 1 aromatic heterocycles. The van der Waals surface area contributed by atoms with E-state index in [1.807, 2.05) is 0 Å². The van der Waals surface area contributed by atoms with E-state index in [9.17, 15) is 19.7 Å². The van der Waals surface area contributed by atoms with Gasteiger partial charge in [0.25, 0.3) is 11.6 Å². The van der Waals surface area contributed by atoms with Crippen LogP contribution in [0.4, 0.5) is 11.5 Å². The Hall–Kier alpha value is -3.23. The first-order chi connectivity index (χ1) is 12.5. The molecule has 1 fully saturated rings. The van der Waals surface area contributed by atoms with E-state index in [1.54, 1.807) is 24.0 Å². The van der Waals surface area contributed by atoms with Crippen LogP contribution in [0.1, 0.15) is 29.0 Å². The van der Waals surface area contributed by atoms with E-state index < -0.39 is 4.92 Å². The molecule has 0 saturated carbocycles. The fourth-order valence-electron chi connectivity index (χ4n) is 2.98. The number of amides is 2. The van der Waals surface area contributed by atoms with E-state index >= 15 is 0 Å². The third-order valence-electron chi connectivity index (χ3n) is 4.36. The molecule has 0 aliphatic carbocycles. The van der Waals surface area contributed by atoms with E-state index in [2.05, 4.69) is 10.5 Å². The molecule has 26 heavy (non-hydrogen) atoms. The molecule has 1 aromatic carbocycles. The number of aryl methyl sites for hydroxylation is 1. The first-order valence-corrected chi connectivity index (χ1v) is 8.22. The molecular weight excluding hydrogens is 340 g/mol. The normalized spacial score (nSPS) is 14.9. The lowest BCUT2D eigenvalue weighted by Crippen LogP contribution is -2.41. The van der Waals surface area contributed by atoms with E-state index in [0.717, 1.165) is 0 Å². The number of nitrogens with one attached hydrogen (secondary N) is 1. The fourth-order valence-corrected chi connectivity index (χ4v) is 2.98. The van der Waals surface area contributed by atoms with Crippen molar-refractivity contribution in [3.05, 3.63) is 51.8 Å². The van der Waals surface area contributed by atoms with Crippen LogP contribution in [0, 0.1) is 23.0 Å². The fraction of sp³-hybridized carbons (Fsp3) is 0.353. The summed E-state index contributed by atoms with van der Waals surface area (Å²) in [5.41, 5.74) is -0.141. The maximum atomic E-state index is 12.6. The lowest BCUT2D eigenvalue weighted by atomic mass is 9.95. The maximum absolute atomic E-state index is 12.6. The second-order valence-corrected chi connectivity index (χ2v) is 6.15. The van der Waals surface area contributed by atoms with Crippen LogP contribution >= 0.6 is 0 Å². The Labute approximate surface area is 149 Å². The number of anilines is 1. The van der Waals surface area contributed by atoms with Crippen molar-refractivity contribution >= 4 is 23.3 Å². The topological polar surface area (TPSA) is 119 Å². The summed E-state index contributed by atoms with van der Waals surface area (Å²) in [5.74, 6) is 0.164. The summed E-state index contributed by atoms with van der Waals surface area (Å²) in [7, 11) is 0. The summed E-state index contributed by atoms with van der Waals surface area (Å²) in [6, 6.07) is 7.52. The maximum Gasteiger partial charge on any atom is 0.282 e. The quantitative estimate of drug-likeness (QED) is 0.662. The highest BCUT2D eigenvalue weighted by molar-refractivity contribution is 5.98. The minimum atomic E-state index is -0.562. The van der Waals surface area contributed by atoms with E-state index in [1.165, 1.54) is 18.2 Å². The molecule has 0 unspecified atom stereocenters. The average Bonchev–Trinajstić information content (AvgIpc) is 3.06. The van der Waals surface area contributed by atoms with E-state index in [0.29, 0.717) is 37.5 Å². The number of hydrogen-bond donors (Lipinski definition) is 1. The summed E-state index contributed by atoms with van der Waals surface area (Å²) < 4.78 is 4.91. The molecule has 2 aromatic rings. The first kappa shape index (κ1) is 17.6. The highest BCUT2D eigenvalue weighted by atomic mass is 16.6. The number of nitro groups is 1. The van der Waals surface area contributed by atoms with Crippen molar-refractivity contribution in [3.63, 3.8) is 0 Å². The van der Waals surface area contributed by atoms with Crippen molar-refractivity contribution in [2.45, 2.75) is 19.8 Å². The third-order valence-corrected chi connectivity index (χ3v) is 4.36. The number of carbonyl (C=O) groups excluding carboxylic acids is 2. The van der Waals surface area contributed by atoms with Gasteiger partial charge >= 0.3 is 0 Å². The molecular formula is C17H18N4O5. The molecule has 3 rings (SSSR count). The zero-order valence-corrected chi connectivity index (χ0v) is 14.2. The van der Waals surface area contributed by atoms with Gasteiger partial charge in [-0.2, -0.15) is 0 Å². The van der Waals surface area contributed by atoms with Crippen molar-refractivity contribution < 1.29 is 19.0 Å². The molecule has 0 spiro atoms. The first-order valence-electron chi connectivity index (χ1n) is 8.22. The minimum Gasteiger partial charge on any atom is -0.360 e.